The van der Waals surface area contributed by atoms with E-state index in [0.29, 0.717) is 24.6 Å². The molecule has 0 radical (unpaired) electrons. The Kier molecular flexibility index (Phi) is 5.19. The molecule has 0 fully saturated rings. The highest BCUT2D eigenvalue weighted by atomic mass is 16.2. The van der Waals surface area contributed by atoms with E-state index in [0.717, 1.165) is 13.1 Å². The maximum Gasteiger partial charge on any atom is 0.224 e. The third-order valence-electron chi connectivity index (χ3n) is 2.45. The molecule has 1 heterocycles. The van der Waals surface area contributed by atoms with Crippen molar-refractivity contribution in [3.63, 3.8) is 0 Å². The highest BCUT2D eigenvalue weighted by molar-refractivity contribution is 5.76. The molecule has 1 aromatic heterocycles. The minimum absolute atomic E-state index is 0.144. The molecule has 17 heavy (non-hydrogen) atoms. The first kappa shape index (κ1) is 13.2. The van der Waals surface area contributed by atoms with Gasteiger partial charge < -0.3 is 16.0 Å². The predicted molar refractivity (Wildman–Crippen MR) is 67.5 cm³/mol. The molecular weight excluding hydrogens is 218 g/mol. The smallest absolute Gasteiger partial charge is 0.224 e. The summed E-state index contributed by atoms with van der Waals surface area (Å²) >= 11 is 0. The number of anilines is 2. The maximum atomic E-state index is 11.7. The summed E-state index contributed by atoms with van der Waals surface area (Å²) in [7, 11) is 0. The summed E-state index contributed by atoms with van der Waals surface area (Å²) in [6.45, 7) is 5.99. The van der Waals surface area contributed by atoms with Gasteiger partial charge in [0.25, 0.3) is 0 Å². The van der Waals surface area contributed by atoms with Crippen LogP contribution in [0.4, 0.5) is 11.6 Å². The number of carbonyl (C=O) groups excluding carboxylic acids is 1. The Hall–Kier alpha value is -1.85. The Morgan fingerprint density at radius 3 is 2.59 bits per heavy atom. The van der Waals surface area contributed by atoms with E-state index >= 15 is 0 Å². The Morgan fingerprint density at radius 1 is 1.35 bits per heavy atom. The number of amides is 1. The molecule has 0 saturated heterocycles. The molecule has 1 aromatic rings. The van der Waals surface area contributed by atoms with Crippen LogP contribution in [0.15, 0.2) is 12.1 Å². The standard InChI is InChI=1S/C11H19N5O/c1-3-16(4-2)11(17)7-8-13-10-6-5-9(12)14-15-10/h5-6H,3-4,7-8H2,1-2H3,(H2,12,14)(H,13,15). The van der Waals surface area contributed by atoms with Gasteiger partial charge in [-0.05, 0) is 26.0 Å². The Morgan fingerprint density at radius 2 is 2.06 bits per heavy atom. The van der Waals surface area contributed by atoms with Crippen LogP contribution in [-0.4, -0.2) is 40.6 Å². The number of hydrogen-bond donors (Lipinski definition) is 2. The third kappa shape index (κ3) is 4.26. The summed E-state index contributed by atoms with van der Waals surface area (Å²) < 4.78 is 0. The molecule has 0 spiro atoms. The van der Waals surface area contributed by atoms with E-state index < -0.39 is 0 Å². The molecule has 0 saturated carbocycles. The van der Waals surface area contributed by atoms with E-state index in [4.69, 9.17) is 5.73 Å². The van der Waals surface area contributed by atoms with Crippen molar-refractivity contribution in [3.8, 4) is 0 Å². The number of nitrogens with zero attached hydrogens (tertiary/aromatic N) is 3. The van der Waals surface area contributed by atoms with Crippen molar-refractivity contribution in [3.05, 3.63) is 12.1 Å². The molecular formula is C11H19N5O. The van der Waals surface area contributed by atoms with Gasteiger partial charge in [-0.15, -0.1) is 10.2 Å². The van der Waals surface area contributed by atoms with Gasteiger partial charge in [-0.3, -0.25) is 4.79 Å². The molecule has 0 aliphatic rings. The fourth-order valence-electron chi connectivity index (χ4n) is 1.47. The largest absolute Gasteiger partial charge is 0.382 e. The fraction of sp³-hybridized carbons (Fsp3) is 0.545. The lowest BCUT2D eigenvalue weighted by molar-refractivity contribution is -0.130. The summed E-state index contributed by atoms with van der Waals surface area (Å²) in [6, 6.07) is 3.41. The molecule has 0 aromatic carbocycles. The second-order valence-corrected chi connectivity index (χ2v) is 3.59. The van der Waals surface area contributed by atoms with Gasteiger partial charge in [0.2, 0.25) is 5.91 Å². The molecule has 0 bridgehead atoms. The highest BCUT2D eigenvalue weighted by Gasteiger charge is 2.08. The lowest BCUT2D eigenvalue weighted by Gasteiger charge is -2.18. The number of carbonyl (C=O) groups is 1. The van der Waals surface area contributed by atoms with Crippen LogP contribution >= 0.6 is 0 Å². The average Bonchev–Trinajstić information content (AvgIpc) is 2.33. The first-order valence-electron chi connectivity index (χ1n) is 5.78. The van der Waals surface area contributed by atoms with Gasteiger partial charge in [-0.1, -0.05) is 0 Å². The lowest BCUT2D eigenvalue weighted by atomic mass is 10.3. The van der Waals surface area contributed by atoms with Gasteiger partial charge >= 0.3 is 0 Å². The van der Waals surface area contributed by atoms with Crippen LogP contribution in [0.2, 0.25) is 0 Å². The zero-order chi connectivity index (χ0) is 12.7. The van der Waals surface area contributed by atoms with Crippen molar-refractivity contribution in [2.24, 2.45) is 0 Å². The zero-order valence-electron chi connectivity index (χ0n) is 10.3. The molecule has 3 N–H and O–H groups in total. The molecule has 1 amide bonds. The van der Waals surface area contributed by atoms with Crippen LogP contribution in [0.25, 0.3) is 0 Å². The van der Waals surface area contributed by atoms with E-state index in [1.807, 2.05) is 13.8 Å². The highest BCUT2D eigenvalue weighted by Crippen LogP contribution is 2.03. The van der Waals surface area contributed by atoms with Gasteiger partial charge in [-0.25, -0.2) is 0 Å². The number of nitrogen functional groups attached to an aromatic ring is 1. The van der Waals surface area contributed by atoms with Crippen LogP contribution in [0.3, 0.4) is 0 Å². The van der Waals surface area contributed by atoms with Crippen molar-refractivity contribution < 1.29 is 4.79 Å². The first-order chi connectivity index (χ1) is 8.17. The molecule has 6 heteroatoms. The third-order valence-corrected chi connectivity index (χ3v) is 2.45. The van der Waals surface area contributed by atoms with Crippen LogP contribution in [0.1, 0.15) is 20.3 Å². The second kappa shape index (κ2) is 6.67. The summed E-state index contributed by atoms with van der Waals surface area (Å²) in [5.41, 5.74) is 5.42. The number of nitrogens with two attached hydrogens (primary N) is 1. The minimum Gasteiger partial charge on any atom is -0.382 e. The van der Waals surface area contributed by atoms with Crippen molar-refractivity contribution >= 4 is 17.5 Å². The summed E-state index contributed by atoms with van der Waals surface area (Å²) in [5, 5.41) is 10.6. The number of aromatic nitrogens is 2. The minimum atomic E-state index is 0.144. The van der Waals surface area contributed by atoms with Crippen LogP contribution in [0.5, 0.6) is 0 Å². The van der Waals surface area contributed by atoms with Crippen LogP contribution < -0.4 is 11.1 Å². The van der Waals surface area contributed by atoms with E-state index in [-0.39, 0.29) is 5.91 Å². The summed E-state index contributed by atoms with van der Waals surface area (Å²) in [4.78, 5) is 13.5. The van der Waals surface area contributed by atoms with Gasteiger partial charge in [0.1, 0.15) is 11.6 Å². The zero-order valence-corrected chi connectivity index (χ0v) is 10.3. The molecule has 0 unspecified atom stereocenters. The molecule has 0 aliphatic heterocycles. The Bertz CT molecular complexity index is 347. The molecule has 6 nitrogen and oxygen atoms in total. The number of rotatable bonds is 6. The molecule has 0 aliphatic carbocycles. The molecule has 0 atom stereocenters. The first-order valence-corrected chi connectivity index (χ1v) is 5.78. The Balaban J connectivity index is 2.32. The van der Waals surface area contributed by atoms with E-state index in [2.05, 4.69) is 15.5 Å². The molecule has 94 valence electrons. The van der Waals surface area contributed by atoms with Crippen molar-refractivity contribution in [1.29, 1.82) is 0 Å². The van der Waals surface area contributed by atoms with Crippen LogP contribution in [-0.2, 0) is 4.79 Å². The van der Waals surface area contributed by atoms with Crippen molar-refractivity contribution in [1.82, 2.24) is 15.1 Å². The molecule has 1 rings (SSSR count). The predicted octanol–water partition coefficient (Wildman–Crippen LogP) is 0.729. The van der Waals surface area contributed by atoms with Gasteiger partial charge in [-0.2, -0.15) is 0 Å². The average molecular weight is 237 g/mol. The summed E-state index contributed by atoms with van der Waals surface area (Å²) in [6.07, 6.45) is 0.452. The fourth-order valence-corrected chi connectivity index (χ4v) is 1.47. The quantitative estimate of drug-likeness (QED) is 0.762. The lowest BCUT2D eigenvalue weighted by Crippen LogP contribution is -2.31. The SMILES string of the molecule is CCN(CC)C(=O)CCNc1ccc(N)nn1. The van der Waals surface area contributed by atoms with Crippen molar-refractivity contribution in [2.75, 3.05) is 30.7 Å². The maximum absolute atomic E-state index is 11.7. The van der Waals surface area contributed by atoms with Crippen molar-refractivity contribution in [2.45, 2.75) is 20.3 Å². The topological polar surface area (TPSA) is 84.1 Å². The van der Waals surface area contributed by atoms with E-state index in [1.54, 1.807) is 17.0 Å². The van der Waals surface area contributed by atoms with Gasteiger partial charge in [0.05, 0.1) is 0 Å². The van der Waals surface area contributed by atoms with Gasteiger partial charge in [0.15, 0.2) is 0 Å². The van der Waals surface area contributed by atoms with E-state index in [1.165, 1.54) is 0 Å². The van der Waals surface area contributed by atoms with Crippen LogP contribution in [0, 0.1) is 0 Å². The number of nitrogens with one attached hydrogen (secondary N) is 1. The Labute approximate surface area is 101 Å². The summed E-state index contributed by atoms with van der Waals surface area (Å²) in [5.74, 6) is 1.16. The second-order valence-electron chi connectivity index (χ2n) is 3.59. The van der Waals surface area contributed by atoms with E-state index in [9.17, 15) is 4.79 Å². The number of hydrogen-bond acceptors (Lipinski definition) is 5. The monoisotopic (exact) mass is 237 g/mol. The van der Waals surface area contributed by atoms with Gasteiger partial charge in [0, 0.05) is 26.1 Å². The normalized spacial score (nSPS) is 10.0.